The molecule has 0 unspecified atom stereocenters. The average Bonchev–Trinajstić information content (AvgIpc) is 1.54. The summed E-state index contributed by atoms with van der Waals surface area (Å²) in [6.45, 7) is 60.9. The molecular weight excluding hydrogens is 1110 g/mol. The standard InChI is InChI=1S/C67H118O14Si3/c1-39(2)82(40(3)4,41(5)6)79-55-50(74-51(37-68)56(80-83(42(7)8,43(9)10)44(11)12)59(55)81-84(45(13)14,46(15)16)47(17)18)36-33-48-31-34-49(35-32-48)53-57(77-62(71)66(25,26)27)58(78-63(72)67(28,29)30)54(76-61(70)65(22,23)24)52(75-53)38-73-60(69)64(19,20)21/h31-32,34-35,39-47,50-59,68H,37-38H2,1-30H3/t50-,51-,52-,53-,54-,55-,56-,57-,58+,59-/m1/s1. The van der Waals surface area contributed by atoms with Crippen LogP contribution < -0.4 is 0 Å². The van der Waals surface area contributed by atoms with Gasteiger partial charge in [-0.15, -0.1) is 0 Å². The maximum Gasteiger partial charge on any atom is 0.311 e. The van der Waals surface area contributed by atoms with Gasteiger partial charge in [0.25, 0.3) is 0 Å². The maximum absolute atomic E-state index is 14.1. The van der Waals surface area contributed by atoms with Crippen LogP contribution in [0.2, 0.25) is 49.9 Å². The molecule has 1 N–H and O–H groups in total. The van der Waals surface area contributed by atoms with Crippen molar-refractivity contribution in [2.24, 2.45) is 21.7 Å². The first-order valence-corrected chi connectivity index (χ1v) is 38.0. The highest BCUT2D eigenvalue weighted by Crippen LogP contribution is 2.51. The molecule has 3 rings (SSSR count). The number of benzene rings is 1. The van der Waals surface area contributed by atoms with Crippen LogP contribution in [0.25, 0.3) is 0 Å². The molecule has 482 valence electrons. The van der Waals surface area contributed by atoms with Gasteiger partial charge < -0.3 is 46.8 Å². The zero-order valence-electron chi connectivity index (χ0n) is 57.9. The first-order chi connectivity index (χ1) is 38.2. The molecule has 0 spiro atoms. The number of ether oxygens (including phenoxy) is 6. The quantitative estimate of drug-likeness (QED) is 0.0503. The summed E-state index contributed by atoms with van der Waals surface area (Å²) < 4.78 is 62.9. The van der Waals surface area contributed by atoms with Crippen LogP contribution in [0.3, 0.4) is 0 Å². The van der Waals surface area contributed by atoms with E-state index < -0.39 is 132 Å². The van der Waals surface area contributed by atoms with Gasteiger partial charge in [0, 0.05) is 5.56 Å². The van der Waals surface area contributed by atoms with Gasteiger partial charge in [-0.05, 0) is 151 Å². The minimum Gasteiger partial charge on any atom is -0.462 e. The van der Waals surface area contributed by atoms with Crippen LogP contribution in [0.1, 0.15) is 225 Å². The molecule has 0 saturated carbocycles. The van der Waals surface area contributed by atoms with Gasteiger partial charge in [0.2, 0.25) is 25.0 Å². The summed E-state index contributed by atoms with van der Waals surface area (Å²) in [4.78, 5) is 55.5. The van der Waals surface area contributed by atoms with Crippen LogP contribution in [-0.2, 0) is 60.9 Å². The number of carbonyl (C=O) groups excluding carboxylic acids is 4. The van der Waals surface area contributed by atoms with Crippen LogP contribution in [0.5, 0.6) is 0 Å². The van der Waals surface area contributed by atoms with E-state index in [1.807, 2.05) is 24.3 Å². The van der Waals surface area contributed by atoms with E-state index in [4.69, 9.17) is 41.7 Å². The lowest BCUT2D eigenvalue weighted by Gasteiger charge is -2.56. The number of esters is 4. The van der Waals surface area contributed by atoms with E-state index in [2.05, 4.69) is 136 Å². The Morgan fingerprint density at radius 1 is 0.440 bits per heavy atom. The Morgan fingerprint density at radius 2 is 0.774 bits per heavy atom. The first-order valence-electron chi connectivity index (χ1n) is 31.6. The van der Waals surface area contributed by atoms with Gasteiger partial charge in [-0.2, -0.15) is 0 Å². The van der Waals surface area contributed by atoms with Crippen molar-refractivity contribution in [2.45, 2.75) is 319 Å². The van der Waals surface area contributed by atoms with Crippen molar-refractivity contribution in [3.05, 3.63) is 35.4 Å². The van der Waals surface area contributed by atoms with E-state index in [1.54, 1.807) is 83.1 Å². The molecule has 0 bridgehead atoms. The molecule has 2 heterocycles. The molecule has 1 aromatic carbocycles. The van der Waals surface area contributed by atoms with Crippen LogP contribution >= 0.6 is 0 Å². The van der Waals surface area contributed by atoms with Gasteiger partial charge in [-0.3, -0.25) is 19.2 Å². The summed E-state index contributed by atoms with van der Waals surface area (Å²) in [5.41, 5.74) is -0.784. The molecule has 2 aliphatic rings. The highest BCUT2D eigenvalue weighted by atomic mass is 28.4. The Balaban J connectivity index is 2.50. The Kier molecular flexibility index (Phi) is 26.1. The monoisotopic (exact) mass is 1230 g/mol. The van der Waals surface area contributed by atoms with Gasteiger partial charge in [0.05, 0.1) is 28.3 Å². The molecule has 84 heavy (non-hydrogen) atoms. The summed E-state index contributed by atoms with van der Waals surface area (Å²) in [5.74, 6) is 4.63. The average molecular weight is 1230 g/mol. The van der Waals surface area contributed by atoms with E-state index in [0.717, 1.165) is 0 Å². The molecule has 2 aliphatic heterocycles. The summed E-state index contributed by atoms with van der Waals surface area (Å²) in [6.07, 6.45) is -10.1. The van der Waals surface area contributed by atoms with Gasteiger partial charge in [-0.1, -0.05) is 149 Å². The van der Waals surface area contributed by atoms with Gasteiger partial charge in [0.1, 0.15) is 49.3 Å². The summed E-state index contributed by atoms with van der Waals surface area (Å²) >= 11 is 0. The van der Waals surface area contributed by atoms with E-state index in [0.29, 0.717) is 11.1 Å². The molecule has 0 amide bonds. The van der Waals surface area contributed by atoms with Gasteiger partial charge in [-0.25, -0.2) is 0 Å². The van der Waals surface area contributed by atoms with Crippen molar-refractivity contribution in [3.63, 3.8) is 0 Å². The maximum atomic E-state index is 14.1. The van der Waals surface area contributed by atoms with E-state index in [9.17, 15) is 24.3 Å². The van der Waals surface area contributed by atoms with Crippen molar-refractivity contribution in [3.8, 4) is 11.8 Å². The SMILES string of the molecule is CC(C)[Si](O[C@@H]1[C@H](O[Si](C(C)C)(C(C)C)C(C)C)[C@@H](C#Cc2ccc([C@H]3O[C@H](COC(=O)C(C)(C)C)[C@@H](OC(=O)C(C)(C)C)[C@H](OC(=O)C(C)(C)C)[C@@H]3OC(=O)C(C)(C)C)cc2)O[C@H](CO)[C@H]1O[Si](C(C)C)(C(C)C)C(C)C)(C(C)C)C(C)C. The van der Waals surface area contributed by atoms with Gasteiger partial charge >= 0.3 is 23.9 Å². The molecular formula is C67H118O14Si3. The second-order valence-electron chi connectivity index (χ2n) is 31.2. The summed E-state index contributed by atoms with van der Waals surface area (Å²) in [6, 6.07) is 7.30. The third-order valence-electron chi connectivity index (χ3n) is 17.7. The second kappa shape index (κ2) is 29.1. The zero-order valence-corrected chi connectivity index (χ0v) is 60.9. The van der Waals surface area contributed by atoms with E-state index >= 15 is 0 Å². The fourth-order valence-corrected chi connectivity index (χ4v) is 30.1. The van der Waals surface area contributed by atoms with Crippen molar-refractivity contribution in [2.75, 3.05) is 13.2 Å². The number of rotatable bonds is 22. The Morgan fingerprint density at radius 3 is 1.12 bits per heavy atom. The zero-order chi connectivity index (χ0) is 65.0. The third-order valence-corrected chi connectivity index (χ3v) is 36.0. The van der Waals surface area contributed by atoms with Crippen molar-refractivity contribution in [1.29, 1.82) is 0 Å². The molecule has 1 aromatic rings. The van der Waals surface area contributed by atoms with Crippen LogP contribution in [-0.4, -0.2) is 122 Å². The molecule has 14 nitrogen and oxygen atoms in total. The number of aliphatic hydroxyl groups is 1. The van der Waals surface area contributed by atoms with Gasteiger partial charge in [0.15, 0.2) is 18.3 Å². The summed E-state index contributed by atoms with van der Waals surface area (Å²) in [5, 5.41) is 11.7. The minimum absolute atomic E-state index is 0.211. The first kappa shape index (κ1) is 75.3. The lowest BCUT2D eigenvalue weighted by Crippen LogP contribution is -2.69. The fraction of sp³-hybridized carbons (Fsp3) is 0.821. The van der Waals surface area contributed by atoms with Crippen molar-refractivity contribution in [1.82, 2.24) is 0 Å². The molecule has 17 heteroatoms. The number of hydrogen-bond donors (Lipinski definition) is 1. The predicted molar refractivity (Wildman–Crippen MR) is 343 cm³/mol. The van der Waals surface area contributed by atoms with Crippen LogP contribution in [0.4, 0.5) is 0 Å². The highest BCUT2D eigenvalue weighted by Gasteiger charge is 2.61. The van der Waals surface area contributed by atoms with Crippen LogP contribution in [0, 0.1) is 33.5 Å². The lowest BCUT2D eigenvalue weighted by atomic mass is 9.88. The third kappa shape index (κ3) is 17.1. The Labute approximate surface area is 513 Å². The topological polar surface area (TPSA) is 172 Å². The molecule has 0 aliphatic carbocycles. The smallest absolute Gasteiger partial charge is 0.311 e. The predicted octanol–water partition coefficient (Wildman–Crippen LogP) is 15.4. The fourth-order valence-electron chi connectivity index (χ4n) is 13.4. The molecule has 10 atom stereocenters. The molecule has 2 saturated heterocycles. The van der Waals surface area contributed by atoms with Crippen molar-refractivity contribution >= 4 is 48.8 Å². The minimum atomic E-state index is -2.74. The van der Waals surface area contributed by atoms with Crippen LogP contribution in [0.15, 0.2) is 24.3 Å². The Hall–Kier alpha value is -2.93. The van der Waals surface area contributed by atoms with Crippen molar-refractivity contribution < 1.29 is 66.0 Å². The molecule has 0 aromatic heterocycles. The number of aliphatic hydroxyl groups excluding tert-OH is 1. The summed E-state index contributed by atoms with van der Waals surface area (Å²) in [7, 11) is -8.13. The van der Waals surface area contributed by atoms with E-state index in [-0.39, 0.29) is 63.1 Å². The second-order valence-corrected chi connectivity index (χ2v) is 47.4. The number of hydrogen-bond acceptors (Lipinski definition) is 14. The van der Waals surface area contributed by atoms with E-state index in [1.165, 1.54) is 0 Å². The normalized spacial score (nSPS) is 24.4. The lowest BCUT2D eigenvalue weighted by molar-refractivity contribution is -0.262. The largest absolute Gasteiger partial charge is 0.462 e. The molecule has 2 fully saturated rings. The molecule has 0 radical (unpaired) electrons. The number of carbonyl (C=O) groups is 4. The Bertz CT molecular complexity index is 2310. The highest BCUT2D eigenvalue weighted by molar-refractivity contribution is 6.79.